The van der Waals surface area contributed by atoms with Crippen LogP contribution in [0.1, 0.15) is 38.5 Å². The average Bonchev–Trinajstić information content (AvgIpc) is 2.66. The zero-order valence-electron chi connectivity index (χ0n) is 11.3. The molecule has 0 saturated heterocycles. The van der Waals surface area contributed by atoms with E-state index in [1.807, 2.05) is 0 Å². The molecule has 0 unspecified atom stereocenters. The number of aliphatic hydroxyl groups excluding tert-OH is 2. The van der Waals surface area contributed by atoms with Gasteiger partial charge in [0.15, 0.2) is 0 Å². The second-order valence-corrected chi connectivity index (χ2v) is 4.90. The zero-order valence-corrected chi connectivity index (χ0v) is 11.3. The second-order valence-electron chi connectivity index (χ2n) is 4.90. The fourth-order valence-electron chi connectivity index (χ4n) is 2.37. The van der Waals surface area contributed by atoms with Crippen molar-refractivity contribution in [1.29, 1.82) is 0 Å². The van der Waals surface area contributed by atoms with Gasteiger partial charge in [0.25, 0.3) is 0 Å². The summed E-state index contributed by atoms with van der Waals surface area (Å²) in [5.74, 6) is -1.30. The predicted octanol–water partition coefficient (Wildman–Crippen LogP) is -0.361. The first-order valence-electron chi connectivity index (χ1n) is 7.00. The van der Waals surface area contributed by atoms with Gasteiger partial charge in [0, 0.05) is 19.1 Å². The van der Waals surface area contributed by atoms with Gasteiger partial charge < -0.3 is 20.4 Å². The lowest BCUT2D eigenvalue weighted by Gasteiger charge is -2.22. The molecule has 1 rings (SSSR count). The SMILES string of the molecule is O=C(NC1CCCCCC1)C(=O)N(CCO)CCO. The molecule has 0 radical (unpaired) electrons. The summed E-state index contributed by atoms with van der Waals surface area (Å²) in [4.78, 5) is 24.9. The van der Waals surface area contributed by atoms with E-state index in [1.54, 1.807) is 0 Å². The van der Waals surface area contributed by atoms with Gasteiger partial charge in [-0.2, -0.15) is 0 Å². The van der Waals surface area contributed by atoms with Gasteiger partial charge in [-0.3, -0.25) is 9.59 Å². The summed E-state index contributed by atoms with van der Waals surface area (Å²) in [5, 5.41) is 20.5. The molecule has 1 aliphatic carbocycles. The first kappa shape index (κ1) is 15.9. The molecule has 0 aromatic heterocycles. The molecule has 0 aromatic rings. The maximum absolute atomic E-state index is 11.9. The molecule has 6 nitrogen and oxygen atoms in total. The van der Waals surface area contributed by atoms with Crippen LogP contribution in [-0.4, -0.2) is 59.3 Å². The molecular formula is C13H24N2O4. The molecular weight excluding hydrogens is 248 g/mol. The largest absolute Gasteiger partial charge is 0.395 e. The van der Waals surface area contributed by atoms with Crippen LogP contribution in [0.5, 0.6) is 0 Å². The van der Waals surface area contributed by atoms with Crippen molar-refractivity contribution in [3.63, 3.8) is 0 Å². The van der Waals surface area contributed by atoms with Crippen LogP contribution >= 0.6 is 0 Å². The third-order valence-corrected chi connectivity index (χ3v) is 3.41. The summed E-state index contributed by atoms with van der Waals surface area (Å²) in [6, 6.07) is 0.0732. The number of nitrogens with zero attached hydrogens (tertiary/aromatic N) is 1. The Morgan fingerprint density at radius 3 is 2.00 bits per heavy atom. The fraction of sp³-hybridized carbons (Fsp3) is 0.846. The van der Waals surface area contributed by atoms with Crippen LogP contribution in [0.3, 0.4) is 0 Å². The number of rotatable bonds is 5. The predicted molar refractivity (Wildman–Crippen MR) is 70.4 cm³/mol. The number of carbonyl (C=O) groups excluding carboxylic acids is 2. The summed E-state index contributed by atoms with van der Waals surface area (Å²) >= 11 is 0. The van der Waals surface area contributed by atoms with E-state index >= 15 is 0 Å². The van der Waals surface area contributed by atoms with Gasteiger partial charge in [0.2, 0.25) is 0 Å². The number of amides is 2. The summed E-state index contributed by atoms with van der Waals surface area (Å²) in [6.45, 7) is -0.306. The monoisotopic (exact) mass is 272 g/mol. The van der Waals surface area contributed by atoms with E-state index in [9.17, 15) is 9.59 Å². The van der Waals surface area contributed by atoms with E-state index in [1.165, 1.54) is 17.7 Å². The smallest absolute Gasteiger partial charge is 0.312 e. The highest BCUT2D eigenvalue weighted by molar-refractivity contribution is 6.35. The number of nitrogens with one attached hydrogen (secondary N) is 1. The van der Waals surface area contributed by atoms with E-state index < -0.39 is 11.8 Å². The minimum Gasteiger partial charge on any atom is -0.395 e. The fourth-order valence-corrected chi connectivity index (χ4v) is 2.37. The Kier molecular flexibility index (Phi) is 7.43. The van der Waals surface area contributed by atoms with Crippen LogP contribution < -0.4 is 5.32 Å². The lowest BCUT2D eigenvalue weighted by atomic mass is 10.1. The Morgan fingerprint density at radius 2 is 1.53 bits per heavy atom. The molecule has 1 saturated carbocycles. The van der Waals surface area contributed by atoms with Crippen molar-refractivity contribution in [2.45, 2.75) is 44.6 Å². The summed E-state index contributed by atoms with van der Waals surface area (Å²) in [6.07, 6.45) is 6.35. The molecule has 0 aliphatic heterocycles. The molecule has 110 valence electrons. The molecule has 3 N–H and O–H groups in total. The molecule has 0 atom stereocenters. The Morgan fingerprint density at radius 1 is 1.00 bits per heavy atom. The van der Waals surface area contributed by atoms with Gasteiger partial charge in [-0.05, 0) is 12.8 Å². The first-order chi connectivity index (χ1) is 9.19. The summed E-state index contributed by atoms with van der Waals surface area (Å²) in [7, 11) is 0. The van der Waals surface area contributed by atoms with Gasteiger partial charge in [0.05, 0.1) is 13.2 Å². The normalized spacial score (nSPS) is 16.7. The molecule has 19 heavy (non-hydrogen) atoms. The summed E-state index contributed by atoms with van der Waals surface area (Å²) < 4.78 is 0. The van der Waals surface area contributed by atoms with Crippen LogP contribution in [0.4, 0.5) is 0 Å². The highest BCUT2D eigenvalue weighted by Crippen LogP contribution is 2.17. The molecule has 0 heterocycles. The summed E-state index contributed by atoms with van der Waals surface area (Å²) in [5.41, 5.74) is 0. The van der Waals surface area contributed by atoms with Crippen molar-refractivity contribution in [3.8, 4) is 0 Å². The van der Waals surface area contributed by atoms with Crippen LogP contribution in [-0.2, 0) is 9.59 Å². The maximum atomic E-state index is 11.9. The number of hydrogen-bond donors (Lipinski definition) is 3. The third-order valence-electron chi connectivity index (χ3n) is 3.41. The van der Waals surface area contributed by atoms with Crippen molar-refractivity contribution in [3.05, 3.63) is 0 Å². The van der Waals surface area contributed by atoms with E-state index in [0.717, 1.165) is 25.7 Å². The lowest BCUT2D eigenvalue weighted by molar-refractivity contribution is -0.146. The molecule has 0 bridgehead atoms. The lowest BCUT2D eigenvalue weighted by Crippen LogP contribution is -2.48. The van der Waals surface area contributed by atoms with E-state index in [4.69, 9.17) is 10.2 Å². The van der Waals surface area contributed by atoms with Gasteiger partial charge in [-0.1, -0.05) is 25.7 Å². The Bertz CT molecular complexity index is 282. The molecule has 6 heteroatoms. The third kappa shape index (κ3) is 5.57. The van der Waals surface area contributed by atoms with Gasteiger partial charge in [0.1, 0.15) is 0 Å². The number of carbonyl (C=O) groups is 2. The van der Waals surface area contributed by atoms with Crippen molar-refractivity contribution < 1.29 is 19.8 Å². The van der Waals surface area contributed by atoms with Crippen LogP contribution in [0.2, 0.25) is 0 Å². The van der Waals surface area contributed by atoms with Crippen LogP contribution in [0, 0.1) is 0 Å². The van der Waals surface area contributed by atoms with Gasteiger partial charge in [-0.15, -0.1) is 0 Å². The zero-order chi connectivity index (χ0) is 14.1. The molecule has 1 aliphatic rings. The molecule has 2 amide bonds. The van der Waals surface area contributed by atoms with Gasteiger partial charge >= 0.3 is 11.8 Å². The molecule has 1 fully saturated rings. The van der Waals surface area contributed by atoms with Gasteiger partial charge in [-0.25, -0.2) is 0 Å². The minimum atomic E-state index is -0.674. The number of hydrogen-bond acceptors (Lipinski definition) is 4. The van der Waals surface area contributed by atoms with E-state index in [2.05, 4.69) is 5.32 Å². The second kappa shape index (κ2) is 8.87. The average molecular weight is 272 g/mol. The van der Waals surface area contributed by atoms with E-state index in [-0.39, 0.29) is 32.3 Å². The first-order valence-corrected chi connectivity index (χ1v) is 7.00. The van der Waals surface area contributed by atoms with Crippen LogP contribution in [0.15, 0.2) is 0 Å². The Labute approximate surface area is 113 Å². The van der Waals surface area contributed by atoms with Crippen molar-refractivity contribution in [2.24, 2.45) is 0 Å². The molecule has 0 aromatic carbocycles. The highest BCUT2D eigenvalue weighted by atomic mass is 16.3. The Hall–Kier alpha value is -1.14. The van der Waals surface area contributed by atoms with Crippen LogP contribution in [0.25, 0.3) is 0 Å². The molecule has 0 spiro atoms. The topological polar surface area (TPSA) is 89.9 Å². The number of aliphatic hydroxyl groups is 2. The standard InChI is InChI=1S/C13H24N2O4/c16-9-7-15(8-10-17)13(19)12(18)14-11-5-3-1-2-4-6-11/h11,16-17H,1-10H2,(H,14,18). The van der Waals surface area contributed by atoms with Crippen molar-refractivity contribution in [1.82, 2.24) is 10.2 Å². The quantitative estimate of drug-likeness (QED) is 0.471. The minimum absolute atomic E-state index is 0.0669. The van der Waals surface area contributed by atoms with E-state index in [0.29, 0.717) is 0 Å². The maximum Gasteiger partial charge on any atom is 0.312 e. The van der Waals surface area contributed by atoms with Crippen molar-refractivity contribution >= 4 is 11.8 Å². The Balaban J connectivity index is 2.47. The highest BCUT2D eigenvalue weighted by Gasteiger charge is 2.24. The van der Waals surface area contributed by atoms with Crippen molar-refractivity contribution in [2.75, 3.05) is 26.3 Å².